The lowest BCUT2D eigenvalue weighted by Gasteiger charge is -2.48. The highest BCUT2D eigenvalue weighted by atomic mass is 16.2. The molecule has 1 fully saturated rings. The number of pyridine rings is 1. The Bertz CT molecular complexity index is 977. The number of anilines is 1. The fourth-order valence-electron chi connectivity index (χ4n) is 4.46. The van der Waals surface area contributed by atoms with Gasteiger partial charge >= 0.3 is 0 Å². The van der Waals surface area contributed by atoms with E-state index in [9.17, 15) is 14.4 Å². The average Bonchev–Trinajstić information content (AvgIpc) is 3.06. The summed E-state index contributed by atoms with van der Waals surface area (Å²) in [6.07, 6.45) is 3.53. The van der Waals surface area contributed by atoms with Crippen LogP contribution in [0, 0.1) is 0 Å². The largest absolute Gasteiger partial charge is 0.348 e. The number of aromatic nitrogens is 1. The Kier molecular flexibility index (Phi) is 5.28. The summed E-state index contributed by atoms with van der Waals surface area (Å²) in [5, 5.41) is 2.95. The predicted octanol–water partition coefficient (Wildman–Crippen LogP) is 3.04. The Morgan fingerprint density at radius 3 is 2.73 bits per heavy atom. The van der Waals surface area contributed by atoms with E-state index in [-0.39, 0.29) is 23.8 Å². The van der Waals surface area contributed by atoms with Gasteiger partial charge in [-0.25, -0.2) is 0 Å². The van der Waals surface area contributed by atoms with Gasteiger partial charge in [0.2, 0.25) is 11.8 Å². The molecule has 0 saturated carbocycles. The van der Waals surface area contributed by atoms with Crippen molar-refractivity contribution in [2.45, 2.75) is 51.2 Å². The Morgan fingerprint density at radius 2 is 1.97 bits per heavy atom. The lowest BCUT2D eigenvalue weighted by atomic mass is 9.98. The standard InChI is InChI=1S/C23H26N4O3/c1-16(18-9-5-6-14-24-18)25-20(28)11-7-15-26-22(30)17-8-3-4-10-19(17)27-21(29)12-13-23(26,27)2/h3-6,8-10,14,16H,7,11-13,15H2,1-2H3,(H,25,28). The lowest BCUT2D eigenvalue weighted by molar-refractivity contribution is -0.122. The van der Waals surface area contributed by atoms with Crippen LogP contribution < -0.4 is 10.2 Å². The first kappa shape index (κ1) is 20.1. The number of carbonyl (C=O) groups is 3. The normalized spacial score (nSPS) is 21.3. The van der Waals surface area contributed by atoms with Crippen molar-refractivity contribution in [3.8, 4) is 0 Å². The molecule has 0 aliphatic carbocycles. The van der Waals surface area contributed by atoms with Gasteiger partial charge in [0.25, 0.3) is 5.91 Å². The maximum absolute atomic E-state index is 13.2. The molecule has 0 radical (unpaired) electrons. The topological polar surface area (TPSA) is 82.6 Å². The molecule has 2 aliphatic rings. The van der Waals surface area contributed by atoms with Crippen LogP contribution in [0.1, 0.15) is 61.6 Å². The van der Waals surface area contributed by atoms with E-state index in [1.807, 2.05) is 50.2 Å². The molecule has 156 valence electrons. The van der Waals surface area contributed by atoms with Crippen molar-refractivity contribution >= 4 is 23.4 Å². The number of para-hydroxylation sites is 1. The summed E-state index contributed by atoms with van der Waals surface area (Å²) in [6, 6.07) is 12.7. The number of nitrogens with zero attached hydrogens (tertiary/aromatic N) is 3. The number of fused-ring (bicyclic) bond motifs is 3. The molecule has 0 bridgehead atoms. The fraction of sp³-hybridized carbons (Fsp3) is 0.391. The number of nitrogens with one attached hydrogen (secondary N) is 1. The fourth-order valence-corrected chi connectivity index (χ4v) is 4.46. The van der Waals surface area contributed by atoms with Gasteiger partial charge in [0.15, 0.2) is 0 Å². The van der Waals surface area contributed by atoms with Crippen LogP contribution >= 0.6 is 0 Å². The van der Waals surface area contributed by atoms with Gasteiger partial charge in [-0.15, -0.1) is 0 Å². The first-order chi connectivity index (χ1) is 14.4. The molecule has 1 aromatic carbocycles. The Morgan fingerprint density at radius 1 is 1.20 bits per heavy atom. The van der Waals surface area contributed by atoms with Crippen LogP contribution in [0.2, 0.25) is 0 Å². The van der Waals surface area contributed by atoms with E-state index >= 15 is 0 Å². The predicted molar refractivity (Wildman–Crippen MR) is 113 cm³/mol. The Labute approximate surface area is 176 Å². The number of hydrogen-bond donors (Lipinski definition) is 1. The van der Waals surface area contributed by atoms with Crippen LogP contribution in [-0.2, 0) is 9.59 Å². The van der Waals surface area contributed by atoms with Crippen molar-refractivity contribution in [3.05, 3.63) is 59.9 Å². The van der Waals surface area contributed by atoms with Crippen molar-refractivity contribution in [3.63, 3.8) is 0 Å². The monoisotopic (exact) mass is 406 g/mol. The SMILES string of the molecule is CC(NC(=O)CCCN1C(=O)c2ccccc2N2C(=O)CCC12C)c1ccccn1. The minimum Gasteiger partial charge on any atom is -0.348 e. The third-order valence-corrected chi connectivity index (χ3v) is 6.04. The number of benzene rings is 1. The molecule has 1 N–H and O–H groups in total. The first-order valence-electron chi connectivity index (χ1n) is 10.4. The van der Waals surface area contributed by atoms with E-state index in [1.54, 1.807) is 22.1 Å². The van der Waals surface area contributed by atoms with Gasteiger partial charge in [0.1, 0.15) is 5.66 Å². The Hall–Kier alpha value is -3.22. The maximum atomic E-state index is 13.2. The van der Waals surface area contributed by atoms with Crippen LogP contribution in [-0.4, -0.2) is 39.8 Å². The van der Waals surface area contributed by atoms with E-state index in [0.717, 1.165) is 5.69 Å². The number of rotatable bonds is 6. The van der Waals surface area contributed by atoms with Crippen molar-refractivity contribution in [1.82, 2.24) is 15.2 Å². The van der Waals surface area contributed by atoms with Gasteiger partial charge in [-0.3, -0.25) is 24.3 Å². The van der Waals surface area contributed by atoms with Crippen LogP contribution in [0.5, 0.6) is 0 Å². The molecule has 0 spiro atoms. The van der Waals surface area contributed by atoms with Crippen molar-refractivity contribution < 1.29 is 14.4 Å². The smallest absolute Gasteiger partial charge is 0.257 e. The number of hydrogen-bond acceptors (Lipinski definition) is 4. The zero-order chi connectivity index (χ0) is 21.3. The third-order valence-electron chi connectivity index (χ3n) is 6.04. The second-order valence-corrected chi connectivity index (χ2v) is 8.07. The summed E-state index contributed by atoms with van der Waals surface area (Å²) < 4.78 is 0. The molecular weight excluding hydrogens is 380 g/mol. The van der Waals surface area contributed by atoms with E-state index in [4.69, 9.17) is 0 Å². The van der Waals surface area contributed by atoms with E-state index in [1.165, 1.54) is 0 Å². The van der Waals surface area contributed by atoms with Gasteiger partial charge in [-0.2, -0.15) is 0 Å². The van der Waals surface area contributed by atoms with E-state index in [2.05, 4.69) is 10.3 Å². The molecule has 4 rings (SSSR count). The molecule has 7 heteroatoms. The highest BCUT2D eigenvalue weighted by Gasteiger charge is 2.52. The van der Waals surface area contributed by atoms with Gasteiger partial charge in [0, 0.05) is 25.6 Å². The maximum Gasteiger partial charge on any atom is 0.257 e. The summed E-state index contributed by atoms with van der Waals surface area (Å²) in [5.41, 5.74) is 1.35. The zero-order valence-corrected chi connectivity index (χ0v) is 17.3. The van der Waals surface area contributed by atoms with E-state index in [0.29, 0.717) is 43.5 Å². The van der Waals surface area contributed by atoms with Crippen molar-refractivity contribution in [1.29, 1.82) is 0 Å². The lowest BCUT2D eigenvalue weighted by Crippen LogP contribution is -2.62. The third kappa shape index (κ3) is 3.44. The molecule has 30 heavy (non-hydrogen) atoms. The molecule has 2 aliphatic heterocycles. The van der Waals surface area contributed by atoms with Crippen LogP contribution in [0.3, 0.4) is 0 Å². The highest BCUT2D eigenvalue weighted by Crippen LogP contribution is 2.43. The molecule has 2 aromatic rings. The molecular formula is C23H26N4O3. The molecule has 2 atom stereocenters. The quantitative estimate of drug-likeness (QED) is 0.799. The summed E-state index contributed by atoms with van der Waals surface area (Å²) in [6.45, 7) is 4.25. The molecule has 7 nitrogen and oxygen atoms in total. The van der Waals surface area contributed by atoms with E-state index < -0.39 is 5.66 Å². The number of amides is 3. The number of carbonyl (C=O) groups excluding carboxylic acids is 3. The second-order valence-electron chi connectivity index (χ2n) is 8.07. The van der Waals surface area contributed by atoms with Crippen molar-refractivity contribution in [2.24, 2.45) is 0 Å². The van der Waals surface area contributed by atoms with Gasteiger partial charge < -0.3 is 10.2 Å². The summed E-state index contributed by atoms with van der Waals surface area (Å²) >= 11 is 0. The molecule has 1 saturated heterocycles. The Balaban J connectivity index is 1.42. The van der Waals surface area contributed by atoms with Crippen molar-refractivity contribution in [2.75, 3.05) is 11.4 Å². The van der Waals surface area contributed by atoms with Gasteiger partial charge in [-0.05, 0) is 51.0 Å². The zero-order valence-electron chi connectivity index (χ0n) is 17.3. The second kappa shape index (κ2) is 7.89. The summed E-state index contributed by atoms with van der Waals surface area (Å²) in [5.74, 6) is -0.131. The molecule has 1 aromatic heterocycles. The summed E-state index contributed by atoms with van der Waals surface area (Å²) in [4.78, 5) is 46.0. The minimum atomic E-state index is -0.680. The van der Waals surface area contributed by atoms with Crippen LogP contribution in [0.25, 0.3) is 0 Å². The van der Waals surface area contributed by atoms with Crippen LogP contribution in [0.15, 0.2) is 48.7 Å². The highest BCUT2D eigenvalue weighted by molar-refractivity contribution is 6.10. The molecule has 3 amide bonds. The molecule has 2 unspecified atom stereocenters. The van der Waals surface area contributed by atoms with Gasteiger partial charge in [0.05, 0.1) is 23.0 Å². The van der Waals surface area contributed by atoms with Gasteiger partial charge in [-0.1, -0.05) is 18.2 Å². The molecule has 3 heterocycles. The summed E-state index contributed by atoms with van der Waals surface area (Å²) in [7, 11) is 0. The first-order valence-corrected chi connectivity index (χ1v) is 10.4. The minimum absolute atomic E-state index is 0.0318. The average molecular weight is 406 g/mol. The van der Waals surface area contributed by atoms with Crippen LogP contribution in [0.4, 0.5) is 5.69 Å².